The smallest absolute Gasteiger partial charge is 0.206 e. The molecule has 0 aliphatic carbocycles. The van der Waals surface area contributed by atoms with Gasteiger partial charge in [-0.15, -0.1) is 0 Å². The number of hydrogen-bond acceptors (Lipinski definition) is 3. The molecule has 0 atom stereocenters. The van der Waals surface area contributed by atoms with Crippen molar-refractivity contribution in [2.75, 3.05) is 5.73 Å². The largest absolute Gasteiger partial charge is 0.369 e. The SMILES string of the molecule is N#Cc1cccc2c1nc(N)n2-c1c(Cl)cc(F)cc1Cl. The number of nitrogen functional groups attached to an aromatic ring is 1. The first-order chi connectivity index (χ1) is 10.0. The summed E-state index contributed by atoms with van der Waals surface area (Å²) in [5.41, 5.74) is 7.64. The average Bonchev–Trinajstić information content (AvgIpc) is 2.74. The minimum absolute atomic E-state index is 0.105. The highest BCUT2D eigenvalue weighted by atomic mass is 35.5. The maximum absolute atomic E-state index is 13.3. The summed E-state index contributed by atoms with van der Waals surface area (Å²) in [5.74, 6) is -0.433. The molecule has 4 nitrogen and oxygen atoms in total. The highest BCUT2D eigenvalue weighted by molar-refractivity contribution is 6.38. The van der Waals surface area contributed by atoms with E-state index in [4.69, 9.17) is 34.2 Å². The number of imidazole rings is 1. The molecule has 3 aromatic rings. The number of anilines is 1. The quantitative estimate of drug-likeness (QED) is 0.738. The van der Waals surface area contributed by atoms with E-state index in [1.165, 1.54) is 4.57 Å². The fraction of sp³-hybridized carbons (Fsp3) is 0. The minimum Gasteiger partial charge on any atom is -0.369 e. The van der Waals surface area contributed by atoms with Gasteiger partial charge >= 0.3 is 0 Å². The Kier molecular flexibility index (Phi) is 3.20. The molecule has 2 N–H and O–H groups in total. The number of nitriles is 1. The molecule has 0 spiro atoms. The van der Waals surface area contributed by atoms with Gasteiger partial charge in [0.05, 0.1) is 26.8 Å². The zero-order valence-electron chi connectivity index (χ0n) is 10.4. The van der Waals surface area contributed by atoms with Gasteiger partial charge in [0.25, 0.3) is 0 Å². The topological polar surface area (TPSA) is 67.6 Å². The monoisotopic (exact) mass is 320 g/mol. The summed E-state index contributed by atoms with van der Waals surface area (Å²) >= 11 is 12.2. The number of hydrogen-bond donors (Lipinski definition) is 1. The number of para-hydroxylation sites is 1. The summed E-state index contributed by atoms with van der Waals surface area (Å²) in [6.45, 7) is 0. The lowest BCUT2D eigenvalue weighted by atomic mass is 10.2. The van der Waals surface area contributed by atoms with Crippen LogP contribution in [0.5, 0.6) is 0 Å². The Balaban J connectivity index is 2.42. The maximum atomic E-state index is 13.3. The van der Waals surface area contributed by atoms with Crippen LogP contribution in [0.4, 0.5) is 10.3 Å². The second kappa shape index (κ2) is 4.92. The molecule has 7 heteroatoms. The Morgan fingerprint density at radius 3 is 2.52 bits per heavy atom. The van der Waals surface area contributed by atoms with Crippen LogP contribution in [0, 0.1) is 17.1 Å². The fourth-order valence-electron chi connectivity index (χ4n) is 2.19. The Labute approximate surface area is 129 Å². The van der Waals surface area contributed by atoms with Gasteiger partial charge in [-0.25, -0.2) is 9.37 Å². The number of rotatable bonds is 1. The molecule has 0 saturated heterocycles. The molecule has 0 aliphatic rings. The lowest BCUT2D eigenvalue weighted by Crippen LogP contribution is -2.02. The molecule has 0 amide bonds. The predicted molar refractivity (Wildman–Crippen MR) is 80.2 cm³/mol. The van der Waals surface area contributed by atoms with Crippen molar-refractivity contribution in [2.24, 2.45) is 0 Å². The molecule has 21 heavy (non-hydrogen) atoms. The first kappa shape index (κ1) is 13.7. The highest BCUT2D eigenvalue weighted by Gasteiger charge is 2.18. The van der Waals surface area contributed by atoms with Crippen molar-refractivity contribution >= 4 is 40.2 Å². The van der Waals surface area contributed by atoms with Gasteiger partial charge in [0.1, 0.15) is 17.4 Å². The third-order valence-electron chi connectivity index (χ3n) is 3.04. The van der Waals surface area contributed by atoms with Gasteiger partial charge in [-0.05, 0) is 24.3 Å². The van der Waals surface area contributed by atoms with E-state index in [1.807, 2.05) is 6.07 Å². The lowest BCUT2D eigenvalue weighted by Gasteiger charge is -2.11. The van der Waals surface area contributed by atoms with Crippen molar-refractivity contribution in [3.8, 4) is 11.8 Å². The molecule has 0 radical (unpaired) electrons. The van der Waals surface area contributed by atoms with Crippen LogP contribution in [0.2, 0.25) is 10.0 Å². The first-order valence-corrected chi connectivity index (χ1v) is 6.60. The molecule has 1 aromatic heterocycles. The number of halogens is 3. The summed E-state index contributed by atoms with van der Waals surface area (Å²) in [6, 6.07) is 9.39. The van der Waals surface area contributed by atoms with Gasteiger partial charge in [-0.2, -0.15) is 5.26 Å². The second-order valence-corrected chi connectivity index (χ2v) is 5.12. The number of benzene rings is 2. The third-order valence-corrected chi connectivity index (χ3v) is 3.61. The number of aromatic nitrogens is 2. The standard InChI is InChI=1S/C14H7Cl2FN4/c15-9-4-8(17)5-10(16)13(9)21-11-3-1-2-7(6-18)12(11)20-14(21)19/h1-5H,(H2,19,20). The van der Waals surface area contributed by atoms with Crippen LogP contribution in [0.25, 0.3) is 16.7 Å². The summed E-state index contributed by atoms with van der Waals surface area (Å²) in [7, 11) is 0. The summed E-state index contributed by atoms with van der Waals surface area (Å²) in [6.07, 6.45) is 0. The van der Waals surface area contributed by atoms with E-state index >= 15 is 0 Å². The second-order valence-electron chi connectivity index (χ2n) is 4.31. The van der Waals surface area contributed by atoms with E-state index in [2.05, 4.69) is 4.98 Å². The molecule has 104 valence electrons. The zero-order chi connectivity index (χ0) is 15.1. The molecule has 0 fully saturated rings. The third kappa shape index (κ3) is 2.09. The van der Waals surface area contributed by atoms with E-state index in [1.54, 1.807) is 18.2 Å². The van der Waals surface area contributed by atoms with Gasteiger partial charge in [0, 0.05) is 0 Å². The maximum Gasteiger partial charge on any atom is 0.206 e. The normalized spacial score (nSPS) is 10.8. The molecule has 0 bridgehead atoms. The minimum atomic E-state index is -0.547. The number of fused-ring (bicyclic) bond motifs is 1. The summed E-state index contributed by atoms with van der Waals surface area (Å²) in [4.78, 5) is 4.17. The molecular formula is C14H7Cl2FN4. The van der Waals surface area contributed by atoms with E-state index < -0.39 is 5.82 Å². The molecular weight excluding hydrogens is 314 g/mol. The predicted octanol–water partition coefficient (Wildman–Crippen LogP) is 3.93. The van der Waals surface area contributed by atoms with Crippen LogP contribution in [-0.2, 0) is 0 Å². The van der Waals surface area contributed by atoms with E-state index in [9.17, 15) is 4.39 Å². The van der Waals surface area contributed by atoms with Crippen molar-refractivity contribution in [3.05, 3.63) is 51.8 Å². The van der Waals surface area contributed by atoms with Crippen molar-refractivity contribution < 1.29 is 4.39 Å². The van der Waals surface area contributed by atoms with Crippen LogP contribution in [0.1, 0.15) is 5.56 Å². The van der Waals surface area contributed by atoms with E-state index in [0.717, 1.165) is 12.1 Å². The molecule has 0 unspecified atom stereocenters. The van der Waals surface area contributed by atoms with Gasteiger partial charge in [0.2, 0.25) is 5.95 Å². The van der Waals surface area contributed by atoms with Crippen molar-refractivity contribution in [1.29, 1.82) is 5.26 Å². The molecule has 3 rings (SSSR count). The number of nitrogens with zero attached hydrogens (tertiary/aromatic N) is 3. The van der Waals surface area contributed by atoms with Crippen molar-refractivity contribution in [1.82, 2.24) is 9.55 Å². The van der Waals surface area contributed by atoms with Gasteiger partial charge in [-0.3, -0.25) is 4.57 Å². The van der Waals surface area contributed by atoms with E-state index in [-0.39, 0.29) is 16.0 Å². The molecule has 0 aliphatic heterocycles. The fourth-order valence-corrected chi connectivity index (χ4v) is 2.82. The van der Waals surface area contributed by atoms with Crippen molar-refractivity contribution in [2.45, 2.75) is 0 Å². The Bertz CT molecular complexity index is 888. The Hall–Kier alpha value is -2.29. The molecule has 1 heterocycles. The molecule has 2 aromatic carbocycles. The lowest BCUT2D eigenvalue weighted by molar-refractivity contribution is 0.627. The zero-order valence-corrected chi connectivity index (χ0v) is 12.0. The van der Waals surface area contributed by atoms with Crippen LogP contribution in [0.15, 0.2) is 30.3 Å². The summed E-state index contributed by atoms with van der Waals surface area (Å²) < 4.78 is 14.8. The number of nitrogens with two attached hydrogens (primary N) is 1. The molecule has 0 saturated carbocycles. The van der Waals surface area contributed by atoms with Crippen LogP contribution in [-0.4, -0.2) is 9.55 Å². The van der Waals surface area contributed by atoms with Gasteiger partial charge < -0.3 is 5.73 Å². The Morgan fingerprint density at radius 2 is 1.90 bits per heavy atom. The van der Waals surface area contributed by atoms with Crippen LogP contribution in [0.3, 0.4) is 0 Å². The van der Waals surface area contributed by atoms with Crippen molar-refractivity contribution in [3.63, 3.8) is 0 Å². The average molecular weight is 321 g/mol. The van der Waals surface area contributed by atoms with Crippen LogP contribution >= 0.6 is 23.2 Å². The summed E-state index contributed by atoms with van der Waals surface area (Å²) in [5, 5.41) is 9.32. The van der Waals surface area contributed by atoms with Crippen LogP contribution < -0.4 is 5.73 Å². The van der Waals surface area contributed by atoms with E-state index in [0.29, 0.717) is 22.3 Å². The first-order valence-electron chi connectivity index (χ1n) is 5.85. The highest BCUT2D eigenvalue weighted by Crippen LogP contribution is 2.34. The Morgan fingerprint density at radius 1 is 1.24 bits per heavy atom. The van der Waals surface area contributed by atoms with Gasteiger partial charge in [0.15, 0.2) is 0 Å². The van der Waals surface area contributed by atoms with Gasteiger partial charge in [-0.1, -0.05) is 29.3 Å².